The Morgan fingerprint density at radius 1 is 1.32 bits per heavy atom. The molecule has 5 nitrogen and oxygen atoms in total. The minimum Gasteiger partial charge on any atom is -0.398 e. The fraction of sp³-hybridized carbons (Fsp3) is 0.385. The van der Waals surface area contributed by atoms with Gasteiger partial charge in [0, 0.05) is 11.2 Å². The van der Waals surface area contributed by atoms with Crippen LogP contribution in [-0.4, -0.2) is 23.9 Å². The standard InChI is InChI=1S/C13H18FN3O2/c1-13(2,3)17-11(18)7-16-12(19)9-6-8(14)4-5-10(9)15/h4-6H,7,15H2,1-3H3,(H,16,19)(H,17,18). The first-order valence-electron chi connectivity index (χ1n) is 5.83. The summed E-state index contributed by atoms with van der Waals surface area (Å²) in [5.74, 6) is -1.46. The van der Waals surface area contributed by atoms with E-state index in [1.54, 1.807) is 0 Å². The summed E-state index contributed by atoms with van der Waals surface area (Å²) in [6.45, 7) is 5.30. The number of carbonyl (C=O) groups excluding carboxylic acids is 2. The minimum atomic E-state index is -0.582. The summed E-state index contributed by atoms with van der Waals surface area (Å²) >= 11 is 0. The lowest BCUT2D eigenvalue weighted by molar-refractivity contribution is -0.121. The second-order valence-corrected chi connectivity index (χ2v) is 5.21. The maximum absolute atomic E-state index is 13.0. The van der Waals surface area contributed by atoms with E-state index in [1.165, 1.54) is 12.1 Å². The smallest absolute Gasteiger partial charge is 0.253 e. The third-order valence-corrected chi connectivity index (χ3v) is 2.18. The van der Waals surface area contributed by atoms with Crippen molar-refractivity contribution in [3.05, 3.63) is 29.6 Å². The molecule has 0 aliphatic rings. The molecule has 4 N–H and O–H groups in total. The fourth-order valence-electron chi connectivity index (χ4n) is 1.44. The van der Waals surface area contributed by atoms with Crippen LogP contribution < -0.4 is 16.4 Å². The van der Waals surface area contributed by atoms with Crippen molar-refractivity contribution in [2.24, 2.45) is 0 Å². The number of nitrogens with two attached hydrogens (primary N) is 1. The van der Waals surface area contributed by atoms with Crippen molar-refractivity contribution in [1.82, 2.24) is 10.6 Å². The van der Waals surface area contributed by atoms with Gasteiger partial charge in [-0.15, -0.1) is 0 Å². The molecule has 0 radical (unpaired) electrons. The van der Waals surface area contributed by atoms with Crippen LogP contribution in [0.4, 0.5) is 10.1 Å². The van der Waals surface area contributed by atoms with Crippen molar-refractivity contribution in [2.75, 3.05) is 12.3 Å². The molecule has 0 saturated heterocycles. The van der Waals surface area contributed by atoms with E-state index in [0.29, 0.717) is 0 Å². The number of halogens is 1. The summed E-state index contributed by atoms with van der Waals surface area (Å²) in [5.41, 5.74) is 5.37. The number of benzene rings is 1. The van der Waals surface area contributed by atoms with Gasteiger partial charge in [-0.1, -0.05) is 0 Å². The summed E-state index contributed by atoms with van der Waals surface area (Å²) in [6.07, 6.45) is 0. The molecule has 2 amide bonds. The molecular formula is C13H18FN3O2. The molecule has 1 rings (SSSR count). The topological polar surface area (TPSA) is 84.2 Å². The molecule has 0 aromatic heterocycles. The number of hydrogen-bond donors (Lipinski definition) is 3. The van der Waals surface area contributed by atoms with E-state index < -0.39 is 11.7 Å². The maximum atomic E-state index is 13.0. The van der Waals surface area contributed by atoms with Gasteiger partial charge in [0.05, 0.1) is 12.1 Å². The highest BCUT2D eigenvalue weighted by molar-refractivity contribution is 6.00. The fourth-order valence-corrected chi connectivity index (χ4v) is 1.44. The molecule has 0 spiro atoms. The quantitative estimate of drug-likeness (QED) is 0.716. The first-order chi connectivity index (χ1) is 8.69. The predicted octanol–water partition coefficient (Wildman–Crippen LogP) is 1.05. The molecular weight excluding hydrogens is 249 g/mol. The van der Waals surface area contributed by atoms with Gasteiger partial charge in [-0.25, -0.2) is 4.39 Å². The van der Waals surface area contributed by atoms with Crippen LogP contribution in [0.5, 0.6) is 0 Å². The number of nitrogens with one attached hydrogen (secondary N) is 2. The van der Waals surface area contributed by atoms with E-state index in [9.17, 15) is 14.0 Å². The molecule has 19 heavy (non-hydrogen) atoms. The SMILES string of the molecule is CC(C)(C)NC(=O)CNC(=O)c1cc(F)ccc1N. The van der Waals surface area contributed by atoms with Gasteiger partial charge in [0.15, 0.2) is 0 Å². The van der Waals surface area contributed by atoms with E-state index in [4.69, 9.17) is 5.73 Å². The summed E-state index contributed by atoms with van der Waals surface area (Å²) in [5, 5.41) is 5.08. The number of amides is 2. The van der Waals surface area contributed by atoms with Crippen molar-refractivity contribution in [3.63, 3.8) is 0 Å². The first kappa shape index (κ1) is 14.9. The summed E-state index contributed by atoms with van der Waals surface area (Å²) in [7, 11) is 0. The van der Waals surface area contributed by atoms with Gasteiger partial charge in [-0.2, -0.15) is 0 Å². The monoisotopic (exact) mass is 267 g/mol. The van der Waals surface area contributed by atoms with Crippen LogP contribution in [0.1, 0.15) is 31.1 Å². The van der Waals surface area contributed by atoms with Gasteiger partial charge in [0.1, 0.15) is 5.82 Å². The van der Waals surface area contributed by atoms with Crippen LogP contribution in [0.2, 0.25) is 0 Å². The van der Waals surface area contributed by atoms with Crippen molar-refractivity contribution < 1.29 is 14.0 Å². The molecule has 1 aromatic rings. The van der Waals surface area contributed by atoms with Gasteiger partial charge >= 0.3 is 0 Å². The summed E-state index contributed by atoms with van der Waals surface area (Å²) in [6, 6.07) is 3.50. The molecule has 0 aliphatic heterocycles. The Morgan fingerprint density at radius 3 is 2.53 bits per heavy atom. The zero-order chi connectivity index (χ0) is 14.6. The van der Waals surface area contributed by atoms with Crippen LogP contribution in [0.25, 0.3) is 0 Å². The highest BCUT2D eigenvalue weighted by atomic mass is 19.1. The van der Waals surface area contributed by atoms with Crippen LogP contribution in [0.15, 0.2) is 18.2 Å². The van der Waals surface area contributed by atoms with E-state index in [0.717, 1.165) is 6.07 Å². The third-order valence-electron chi connectivity index (χ3n) is 2.18. The Bertz CT molecular complexity index is 495. The number of anilines is 1. The first-order valence-corrected chi connectivity index (χ1v) is 5.83. The zero-order valence-corrected chi connectivity index (χ0v) is 11.2. The molecule has 0 fully saturated rings. The molecule has 0 saturated carbocycles. The zero-order valence-electron chi connectivity index (χ0n) is 11.2. The van der Waals surface area contributed by atoms with E-state index >= 15 is 0 Å². The Kier molecular flexibility index (Phi) is 4.47. The van der Waals surface area contributed by atoms with Gasteiger partial charge in [0.25, 0.3) is 5.91 Å². The summed E-state index contributed by atoms with van der Waals surface area (Å²) in [4.78, 5) is 23.3. The molecule has 1 aromatic carbocycles. The van der Waals surface area contributed by atoms with Crippen molar-refractivity contribution >= 4 is 17.5 Å². The Hall–Kier alpha value is -2.11. The second kappa shape index (κ2) is 5.69. The average molecular weight is 267 g/mol. The Labute approximate surface area is 111 Å². The summed E-state index contributed by atoms with van der Waals surface area (Å²) < 4.78 is 13.0. The molecule has 6 heteroatoms. The highest BCUT2D eigenvalue weighted by Gasteiger charge is 2.16. The van der Waals surface area contributed by atoms with Gasteiger partial charge in [-0.3, -0.25) is 9.59 Å². The van der Waals surface area contributed by atoms with Gasteiger partial charge in [0.2, 0.25) is 5.91 Å². The Balaban J connectivity index is 2.61. The molecule has 0 heterocycles. The van der Waals surface area contributed by atoms with Gasteiger partial charge in [-0.05, 0) is 39.0 Å². The number of nitrogen functional groups attached to an aromatic ring is 1. The third kappa shape index (κ3) is 4.95. The molecule has 0 bridgehead atoms. The van der Waals surface area contributed by atoms with E-state index in [1.807, 2.05) is 20.8 Å². The lowest BCUT2D eigenvalue weighted by Crippen LogP contribution is -2.45. The van der Waals surface area contributed by atoms with Crippen LogP contribution >= 0.6 is 0 Å². The maximum Gasteiger partial charge on any atom is 0.253 e. The highest BCUT2D eigenvalue weighted by Crippen LogP contribution is 2.12. The van der Waals surface area contributed by atoms with E-state index in [2.05, 4.69) is 10.6 Å². The largest absolute Gasteiger partial charge is 0.398 e. The molecule has 0 unspecified atom stereocenters. The second-order valence-electron chi connectivity index (χ2n) is 5.21. The number of rotatable bonds is 3. The number of hydrogen-bond acceptors (Lipinski definition) is 3. The van der Waals surface area contributed by atoms with Crippen molar-refractivity contribution in [3.8, 4) is 0 Å². The Morgan fingerprint density at radius 2 is 1.95 bits per heavy atom. The molecule has 0 aliphatic carbocycles. The number of carbonyl (C=O) groups is 2. The van der Waals surface area contributed by atoms with Crippen molar-refractivity contribution in [2.45, 2.75) is 26.3 Å². The minimum absolute atomic E-state index is 0.0172. The normalized spacial score (nSPS) is 10.9. The van der Waals surface area contributed by atoms with Crippen molar-refractivity contribution in [1.29, 1.82) is 0 Å². The average Bonchev–Trinajstić information content (AvgIpc) is 2.27. The van der Waals surface area contributed by atoms with Gasteiger partial charge < -0.3 is 16.4 Å². The molecule has 104 valence electrons. The van der Waals surface area contributed by atoms with Crippen LogP contribution in [-0.2, 0) is 4.79 Å². The lowest BCUT2D eigenvalue weighted by atomic mass is 10.1. The van der Waals surface area contributed by atoms with Crippen LogP contribution in [0, 0.1) is 5.82 Å². The van der Waals surface area contributed by atoms with E-state index in [-0.39, 0.29) is 29.2 Å². The molecule has 0 atom stereocenters. The lowest BCUT2D eigenvalue weighted by Gasteiger charge is -2.20. The van der Waals surface area contributed by atoms with Crippen LogP contribution in [0.3, 0.4) is 0 Å². The predicted molar refractivity (Wildman–Crippen MR) is 71.0 cm³/mol.